The van der Waals surface area contributed by atoms with Gasteiger partial charge in [-0.25, -0.2) is 0 Å². The molecule has 0 atom stereocenters. The Hall–Kier alpha value is -1.82. The standard InChI is InChI=1S/C13H18N4OSi/c1-10(18)11-5-6-12(14-7-11)13-8-17(16-15-13)9-19(2,3)4/h5-8H,9H2,1-4H3. The van der Waals surface area contributed by atoms with E-state index < -0.39 is 8.07 Å². The molecule has 0 spiro atoms. The van der Waals surface area contributed by atoms with Crippen molar-refractivity contribution in [3.8, 4) is 11.4 Å². The lowest BCUT2D eigenvalue weighted by atomic mass is 10.2. The maximum absolute atomic E-state index is 11.2. The van der Waals surface area contributed by atoms with Crippen molar-refractivity contribution in [2.24, 2.45) is 0 Å². The van der Waals surface area contributed by atoms with Gasteiger partial charge in [0.15, 0.2) is 5.78 Å². The number of aromatic nitrogens is 4. The van der Waals surface area contributed by atoms with Crippen molar-refractivity contribution in [1.29, 1.82) is 0 Å². The van der Waals surface area contributed by atoms with E-state index in [2.05, 4.69) is 34.9 Å². The third kappa shape index (κ3) is 3.57. The first-order chi connectivity index (χ1) is 8.85. The van der Waals surface area contributed by atoms with Crippen LogP contribution in [0.2, 0.25) is 19.6 Å². The molecule has 2 heterocycles. The molecule has 19 heavy (non-hydrogen) atoms. The van der Waals surface area contributed by atoms with E-state index in [-0.39, 0.29) is 5.78 Å². The largest absolute Gasteiger partial charge is 0.294 e. The molecule has 0 fully saturated rings. The number of carbonyl (C=O) groups excluding carboxylic acids is 1. The minimum absolute atomic E-state index is 0.0152. The summed E-state index contributed by atoms with van der Waals surface area (Å²) < 4.78 is 1.88. The molecule has 0 aliphatic carbocycles. The molecule has 0 N–H and O–H groups in total. The SMILES string of the molecule is CC(=O)c1ccc(-c2cn(C[Si](C)(C)C)nn2)nc1. The number of rotatable bonds is 4. The van der Waals surface area contributed by atoms with Crippen molar-refractivity contribution < 1.29 is 4.79 Å². The highest BCUT2D eigenvalue weighted by molar-refractivity contribution is 6.74. The van der Waals surface area contributed by atoms with Crippen LogP contribution in [0.25, 0.3) is 11.4 Å². The fraction of sp³-hybridized carbons (Fsp3) is 0.385. The smallest absolute Gasteiger partial charge is 0.161 e. The van der Waals surface area contributed by atoms with Gasteiger partial charge in [-0.3, -0.25) is 14.5 Å². The molecule has 0 radical (unpaired) electrons. The summed E-state index contributed by atoms with van der Waals surface area (Å²) in [5.74, 6) is 0.0152. The van der Waals surface area contributed by atoms with E-state index >= 15 is 0 Å². The van der Waals surface area contributed by atoms with Crippen molar-refractivity contribution in [3.63, 3.8) is 0 Å². The number of carbonyl (C=O) groups is 1. The molecule has 0 aliphatic rings. The Bertz CT molecular complexity index is 583. The molecule has 100 valence electrons. The van der Waals surface area contributed by atoms with Crippen LogP contribution in [-0.4, -0.2) is 33.8 Å². The third-order valence-corrected chi connectivity index (χ3v) is 3.88. The van der Waals surface area contributed by atoms with Crippen molar-refractivity contribution >= 4 is 13.9 Å². The van der Waals surface area contributed by atoms with Crippen LogP contribution < -0.4 is 0 Å². The molecule has 0 unspecified atom stereocenters. The number of ketones is 1. The van der Waals surface area contributed by atoms with Crippen LogP contribution >= 0.6 is 0 Å². The van der Waals surface area contributed by atoms with Crippen LogP contribution in [0.15, 0.2) is 24.5 Å². The lowest BCUT2D eigenvalue weighted by Gasteiger charge is -2.14. The first-order valence-corrected chi connectivity index (χ1v) is 9.93. The summed E-state index contributed by atoms with van der Waals surface area (Å²) in [6, 6.07) is 3.57. The van der Waals surface area contributed by atoms with Gasteiger partial charge in [0.2, 0.25) is 0 Å². The molecular weight excluding hydrogens is 256 g/mol. The summed E-state index contributed by atoms with van der Waals surface area (Å²) in [6.45, 7) is 8.39. The Morgan fingerprint density at radius 1 is 1.26 bits per heavy atom. The zero-order chi connectivity index (χ0) is 14.0. The molecule has 0 bridgehead atoms. The van der Waals surface area contributed by atoms with E-state index in [1.807, 2.05) is 10.9 Å². The van der Waals surface area contributed by atoms with Gasteiger partial charge in [0, 0.05) is 17.9 Å². The molecule has 5 nitrogen and oxygen atoms in total. The molecule has 0 aliphatic heterocycles. The van der Waals surface area contributed by atoms with E-state index in [4.69, 9.17) is 0 Å². The molecule has 6 heteroatoms. The average molecular weight is 274 g/mol. The number of Topliss-reactive ketones (excluding diaryl/α,β-unsaturated/α-hetero) is 1. The second-order valence-corrected chi connectivity index (χ2v) is 11.3. The van der Waals surface area contributed by atoms with Crippen molar-refractivity contribution in [1.82, 2.24) is 20.0 Å². The monoisotopic (exact) mass is 274 g/mol. The summed E-state index contributed by atoms with van der Waals surface area (Å²) in [5.41, 5.74) is 2.10. The van der Waals surface area contributed by atoms with Crippen LogP contribution in [0, 0.1) is 0 Å². The molecular formula is C13H18N4OSi. The molecule has 0 saturated carbocycles. The Kier molecular flexibility index (Phi) is 3.61. The lowest BCUT2D eigenvalue weighted by molar-refractivity contribution is 0.101. The van der Waals surface area contributed by atoms with Gasteiger partial charge >= 0.3 is 0 Å². The van der Waals surface area contributed by atoms with Gasteiger partial charge in [-0.05, 0) is 19.1 Å². The fourth-order valence-electron chi connectivity index (χ4n) is 1.73. The summed E-state index contributed by atoms with van der Waals surface area (Å²) in [6.07, 6.45) is 4.43. The summed E-state index contributed by atoms with van der Waals surface area (Å²) in [7, 11) is -1.21. The van der Waals surface area contributed by atoms with E-state index in [9.17, 15) is 4.79 Å². The third-order valence-electron chi connectivity index (χ3n) is 2.61. The molecule has 0 amide bonds. The normalized spacial score (nSPS) is 11.6. The van der Waals surface area contributed by atoms with E-state index in [1.165, 1.54) is 6.92 Å². The van der Waals surface area contributed by atoms with Gasteiger partial charge in [-0.15, -0.1) is 5.10 Å². The Balaban J connectivity index is 2.20. The molecule has 2 aromatic rings. The van der Waals surface area contributed by atoms with Crippen LogP contribution in [0.5, 0.6) is 0 Å². The minimum atomic E-state index is -1.21. The van der Waals surface area contributed by atoms with Gasteiger partial charge < -0.3 is 0 Å². The number of pyridine rings is 1. The maximum atomic E-state index is 11.2. The highest BCUT2D eigenvalue weighted by Crippen LogP contribution is 2.14. The predicted octanol–water partition coefficient (Wildman–Crippen LogP) is 2.42. The van der Waals surface area contributed by atoms with Crippen LogP contribution in [0.4, 0.5) is 0 Å². The summed E-state index contributed by atoms with van der Waals surface area (Å²) in [5, 5.41) is 8.26. The van der Waals surface area contributed by atoms with E-state index in [0.29, 0.717) is 5.56 Å². The topological polar surface area (TPSA) is 60.7 Å². The Morgan fingerprint density at radius 2 is 2.00 bits per heavy atom. The van der Waals surface area contributed by atoms with Crippen LogP contribution in [0.3, 0.4) is 0 Å². The van der Waals surface area contributed by atoms with Crippen molar-refractivity contribution in [2.45, 2.75) is 32.7 Å². The van der Waals surface area contributed by atoms with Crippen LogP contribution in [-0.2, 0) is 6.17 Å². The number of hydrogen-bond donors (Lipinski definition) is 0. The van der Waals surface area contributed by atoms with Gasteiger partial charge in [-0.1, -0.05) is 24.9 Å². The average Bonchev–Trinajstić information content (AvgIpc) is 2.75. The highest BCUT2D eigenvalue weighted by atomic mass is 28.3. The lowest BCUT2D eigenvalue weighted by Crippen LogP contribution is -2.28. The Labute approximate surface area is 113 Å². The predicted molar refractivity (Wildman–Crippen MR) is 76.6 cm³/mol. The number of nitrogens with zero attached hydrogens (tertiary/aromatic N) is 4. The Morgan fingerprint density at radius 3 is 2.53 bits per heavy atom. The van der Waals surface area contributed by atoms with Gasteiger partial charge in [0.05, 0.1) is 20.0 Å². The zero-order valence-electron chi connectivity index (χ0n) is 11.7. The fourth-order valence-corrected chi connectivity index (χ4v) is 2.86. The summed E-state index contributed by atoms with van der Waals surface area (Å²) >= 11 is 0. The van der Waals surface area contributed by atoms with E-state index in [0.717, 1.165) is 17.6 Å². The molecule has 2 aromatic heterocycles. The zero-order valence-corrected chi connectivity index (χ0v) is 12.7. The molecule has 2 rings (SSSR count). The number of hydrogen-bond acceptors (Lipinski definition) is 4. The highest BCUT2D eigenvalue weighted by Gasteiger charge is 2.15. The second-order valence-electron chi connectivity index (χ2n) is 5.85. The maximum Gasteiger partial charge on any atom is 0.161 e. The van der Waals surface area contributed by atoms with Crippen LogP contribution in [0.1, 0.15) is 17.3 Å². The van der Waals surface area contributed by atoms with Gasteiger partial charge in [0.25, 0.3) is 0 Å². The van der Waals surface area contributed by atoms with Crippen molar-refractivity contribution in [2.75, 3.05) is 0 Å². The molecule has 0 saturated heterocycles. The first kappa shape index (κ1) is 13.6. The first-order valence-electron chi connectivity index (χ1n) is 6.23. The van der Waals surface area contributed by atoms with Gasteiger partial charge in [0.1, 0.15) is 5.69 Å². The van der Waals surface area contributed by atoms with Crippen molar-refractivity contribution in [3.05, 3.63) is 30.1 Å². The van der Waals surface area contributed by atoms with E-state index in [1.54, 1.807) is 18.3 Å². The van der Waals surface area contributed by atoms with Gasteiger partial charge in [-0.2, -0.15) is 0 Å². The second kappa shape index (κ2) is 5.04. The summed E-state index contributed by atoms with van der Waals surface area (Å²) in [4.78, 5) is 15.4. The quantitative estimate of drug-likeness (QED) is 0.634. The molecule has 0 aromatic carbocycles. The minimum Gasteiger partial charge on any atom is -0.294 e.